The van der Waals surface area contributed by atoms with Crippen molar-refractivity contribution in [2.24, 2.45) is 0 Å². The van der Waals surface area contributed by atoms with Gasteiger partial charge in [0.25, 0.3) is 0 Å². The molecule has 2 amide bonds. The van der Waals surface area contributed by atoms with Crippen molar-refractivity contribution in [2.75, 3.05) is 26.2 Å². The predicted molar refractivity (Wildman–Crippen MR) is 101 cm³/mol. The lowest BCUT2D eigenvalue weighted by Gasteiger charge is -2.47. The van der Waals surface area contributed by atoms with Crippen LogP contribution >= 0.6 is 0 Å². The van der Waals surface area contributed by atoms with Gasteiger partial charge in [0.1, 0.15) is 23.4 Å². The second-order valence-electron chi connectivity index (χ2n) is 7.83. The lowest BCUT2D eigenvalue weighted by Crippen LogP contribution is -2.68. The maximum absolute atomic E-state index is 13.0. The molecule has 1 aromatic heterocycles. The van der Waals surface area contributed by atoms with Crippen molar-refractivity contribution in [3.05, 3.63) is 35.6 Å². The lowest BCUT2D eigenvalue weighted by atomic mass is 10.0. The van der Waals surface area contributed by atoms with Gasteiger partial charge in [0.05, 0.1) is 0 Å². The van der Waals surface area contributed by atoms with E-state index in [0.29, 0.717) is 13.1 Å². The molecule has 1 aromatic carbocycles. The molecule has 142 valence electrons. The van der Waals surface area contributed by atoms with E-state index in [0.717, 1.165) is 55.6 Å². The normalized spacial score (nSPS) is 26.0. The molecule has 27 heavy (non-hydrogen) atoms. The fourth-order valence-corrected chi connectivity index (χ4v) is 4.96. The Morgan fingerprint density at radius 1 is 1.04 bits per heavy atom. The second-order valence-corrected chi connectivity index (χ2v) is 7.83. The smallest absolute Gasteiger partial charge is 0.247 e. The van der Waals surface area contributed by atoms with Gasteiger partial charge in [-0.2, -0.15) is 0 Å². The number of hydrogen-bond donors (Lipinski definition) is 0. The van der Waals surface area contributed by atoms with Crippen LogP contribution in [0.3, 0.4) is 0 Å². The molecule has 0 bridgehead atoms. The van der Waals surface area contributed by atoms with Crippen molar-refractivity contribution in [1.29, 1.82) is 0 Å². The average Bonchev–Trinajstić information content (AvgIpc) is 3.32. The summed E-state index contributed by atoms with van der Waals surface area (Å²) in [6.07, 6.45) is 2.60. The Morgan fingerprint density at radius 3 is 2.67 bits per heavy atom. The summed E-state index contributed by atoms with van der Waals surface area (Å²) in [5.74, 6) is 1.30. The van der Waals surface area contributed by atoms with E-state index in [4.69, 9.17) is 4.42 Å². The molecule has 4 heterocycles. The van der Waals surface area contributed by atoms with Crippen LogP contribution in [0.1, 0.15) is 31.1 Å². The standard InChI is InChI=1S/C21H25N3O3/c1-2-18-15(14-6-3-4-8-19(14)27-18)12-22-10-11-24-17(13-22)21(26)23-9-5-7-16(23)20(24)25/h3-4,6,8,16-17H,2,5,7,9-13H2,1H3. The second kappa shape index (κ2) is 6.37. The minimum Gasteiger partial charge on any atom is -0.461 e. The average molecular weight is 367 g/mol. The van der Waals surface area contributed by atoms with Gasteiger partial charge in [-0.15, -0.1) is 0 Å². The molecule has 6 heteroatoms. The molecule has 6 nitrogen and oxygen atoms in total. The zero-order valence-electron chi connectivity index (χ0n) is 15.7. The first-order chi connectivity index (χ1) is 13.2. The Morgan fingerprint density at radius 2 is 1.81 bits per heavy atom. The number of piperazine rings is 2. The summed E-state index contributed by atoms with van der Waals surface area (Å²) in [6.45, 7) is 5.63. The Labute approximate surface area is 158 Å². The van der Waals surface area contributed by atoms with E-state index in [1.54, 1.807) is 0 Å². The topological polar surface area (TPSA) is 57.0 Å². The van der Waals surface area contributed by atoms with Gasteiger partial charge < -0.3 is 14.2 Å². The van der Waals surface area contributed by atoms with Gasteiger partial charge in [-0.25, -0.2) is 0 Å². The van der Waals surface area contributed by atoms with Crippen molar-refractivity contribution in [1.82, 2.24) is 14.7 Å². The van der Waals surface area contributed by atoms with Crippen LogP contribution < -0.4 is 0 Å². The number of para-hydroxylation sites is 1. The highest BCUT2D eigenvalue weighted by Crippen LogP contribution is 2.31. The minimum absolute atomic E-state index is 0.134. The van der Waals surface area contributed by atoms with Gasteiger partial charge in [-0.3, -0.25) is 14.5 Å². The largest absolute Gasteiger partial charge is 0.461 e. The quantitative estimate of drug-likeness (QED) is 0.833. The van der Waals surface area contributed by atoms with Crippen LogP contribution in [0, 0.1) is 0 Å². The third-order valence-electron chi connectivity index (χ3n) is 6.34. The first-order valence-corrected chi connectivity index (χ1v) is 10.00. The van der Waals surface area contributed by atoms with E-state index in [-0.39, 0.29) is 23.9 Å². The summed E-state index contributed by atoms with van der Waals surface area (Å²) < 4.78 is 6.03. The van der Waals surface area contributed by atoms with Crippen molar-refractivity contribution < 1.29 is 14.0 Å². The van der Waals surface area contributed by atoms with E-state index in [1.807, 2.05) is 28.0 Å². The SMILES string of the molecule is CCc1oc2ccccc2c1CN1CCN2C(=O)C3CCCN3C(=O)C2C1. The van der Waals surface area contributed by atoms with Crippen LogP contribution in [0.15, 0.2) is 28.7 Å². The maximum Gasteiger partial charge on any atom is 0.247 e. The van der Waals surface area contributed by atoms with Crippen LogP contribution in [0.5, 0.6) is 0 Å². The number of carbonyl (C=O) groups is 2. The van der Waals surface area contributed by atoms with Gasteiger partial charge in [-0.1, -0.05) is 25.1 Å². The molecule has 3 fully saturated rings. The summed E-state index contributed by atoms with van der Waals surface area (Å²) in [5, 5.41) is 1.16. The van der Waals surface area contributed by atoms with Crippen LogP contribution in [0.4, 0.5) is 0 Å². The van der Waals surface area contributed by atoms with Crippen LogP contribution in [0.2, 0.25) is 0 Å². The Kier molecular flexibility index (Phi) is 3.97. The third kappa shape index (κ3) is 2.57. The zero-order valence-corrected chi connectivity index (χ0v) is 15.7. The van der Waals surface area contributed by atoms with E-state index < -0.39 is 0 Å². The highest BCUT2D eigenvalue weighted by atomic mass is 16.3. The van der Waals surface area contributed by atoms with E-state index in [1.165, 1.54) is 5.56 Å². The van der Waals surface area contributed by atoms with E-state index in [9.17, 15) is 9.59 Å². The van der Waals surface area contributed by atoms with Crippen LogP contribution in [-0.4, -0.2) is 64.8 Å². The van der Waals surface area contributed by atoms with E-state index >= 15 is 0 Å². The van der Waals surface area contributed by atoms with Gasteiger partial charge in [0.2, 0.25) is 11.8 Å². The number of benzene rings is 1. The Hall–Kier alpha value is -2.34. The highest BCUT2D eigenvalue weighted by Gasteiger charge is 2.49. The molecular formula is C21H25N3O3. The number of carbonyl (C=O) groups excluding carboxylic acids is 2. The molecule has 3 aliphatic heterocycles. The molecule has 2 aromatic rings. The molecule has 3 aliphatic rings. The van der Waals surface area contributed by atoms with Crippen molar-refractivity contribution in [2.45, 2.75) is 44.8 Å². The molecular weight excluding hydrogens is 342 g/mol. The molecule has 3 saturated heterocycles. The molecule has 2 atom stereocenters. The summed E-state index contributed by atoms with van der Waals surface area (Å²) in [6, 6.07) is 7.61. The fraction of sp³-hybridized carbons (Fsp3) is 0.524. The summed E-state index contributed by atoms with van der Waals surface area (Å²) in [5.41, 5.74) is 2.14. The van der Waals surface area contributed by atoms with Gasteiger partial charge in [0.15, 0.2) is 0 Å². The number of fused-ring (bicyclic) bond motifs is 3. The van der Waals surface area contributed by atoms with Gasteiger partial charge >= 0.3 is 0 Å². The molecule has 2 unspecified atom stereocenters. The lowest BCUT2D eigenvalue weighted by molar-refractivity contribution is -0.163. The molecule has 0 spiro atoms. The van der Waals surface area contributed by atoms with E-state index in [2.05, 4.69) is 17.9 Å². The minimum atomic E-state index is -0.330. The summed E-state index contributed by atoms with van der Waals surface area (Å²) in [4.78, 5) is 31.7. The maximum atomic E-state index is 13.0. The summed E-state index contributed by atoms with van der Waals surface area (Å²) in [7, 11) is 0. The number of nitrogens with zero attached hydrogens (tertiary/aromatic N) is 3. The Bertz CT molecular complexity index is 905. The molecule has 0 saturated carbocycles. The number of furan rings is 1. The van der Waals surface area contributed by atoms with Gasteiger partial charge in [0, 0.05) is 50.1 Å². The number of rotatable bonds is 3. The monoisotopic (exact) mass is 367 g/mol. The van der Waals surface area contributed by atoms with Crippen molar-refractivity contribution in [3.63, 3.8) is 0 Å². The molecule has 0 aliphatic carbocycles. The van der Waals surface area contributed by atoms with Crippen molar-refractivity contribution in [3.8, 4) is 0 Å². The molecule has 5 rings (SSSR count). The van der Waals surface area contributed by atoms with Crippen LogP contribution in [0.25, 0.3) is 11.0 Å². The van der Waals surface area contributed by atoms with Gasteiger partial charge in [-0.05, 0) is 18.9 Å². The Balaban J connectivity index is 1.40. The number of hydrogen-bond acceptors (Lipinski definition) is 4. The number of amides is 2. The summed E-state index contributed by atoms with van der Waals surface area (Å²) >= 11 is 0. The number of aryl methyl sites for hydroxylation is 1. The first-order valence-electron chi connectivity index (χ1n) is 10.00. The highest BCUT2D eigenvalue weighted by molar-refractivity contribution is 5.97. The van der Waals surface area contributed by atoms with Crippen molar-refractivity contribution >= 4 is 22.8 Å². The third-order valence-corrected chi connectivity index (χ3v) is 6.34. The fourth-order valence-electron chi connectivity index (χ4n) is 4.96. The predicted octanol–water partition coefficient (Wildman–Crippen LogP) is 2.01. The molecule has 0 N–H and O–H groups in total. The van der Waals surface area contributed by atoms with Crippen LogP contribution in [-0.2, 0) is 22.6 Å². The molecule has 0 radical (unpaired) electrons. The zero-order chi connectivity index (χ0) is 18.5. The first kappa shape index (κ1) is 16.8.